The van der Waals surface area contributed by atoms with Gasteiger partial charge in [0.1, 0.15) is 0 Å². The van der Waals surface area contributed by atoms with Gasteiger partial charge >= 0.3 is 25.6 Å². The summed E-state index contributed by atoms with van der Waals surface area (Å²) in [5, 5.41) is 0. The first-order valence-electron chi connectivity index (χ1n) is 2.72. The Morgan fingerprint density at radius 3 is 1.15 bits per heavy atom. The molecule has 0 spiro atoms. The first-order chi connectivity index (χ1) is 5.71. The van der Waals surface area contributed by atoms with Crippen molar-refractivity contribution in [3.05, 3.63) is 0 Å². The number of hydrogen-bond donors (Lipinski definition) is 0. The summed E-state index contributed by atoms with van der Waals surface area (Å²) in [6.45, 7) is -8.71. The Morgan fingerprint density at radius 2 is 1.08 bits per heavy atom. The van der Waals surface area contributed by atoms with Crippen LogP contribution in [0.5, 0.6) is 0 Å². The number of halogens is 8. The molecule has 0 heterocycles. The molecule has 0 aromatic rings. The van der Waals surface area contributed by atoms with E-state index in [9.17, 15) is 35.1 Å². The summed E-state index contributed by atoms with van der Waals surface area (Å²) in [4.78, 5) is -2.16. The third kappa shape index (κ3) is 2.68. The van der Waals surface area contributed by atoms with Crippen molar-refractivity contribution in [1.29, 1.82) is 0 Å². The van der Waals surface area contributed by atoms with Crippen LogP contribution in [0, 0.1) is 0 Å². The van der Waals surface area contributed by atoms with Crippen LogP contribution >= 0.6 is 0 Å². The molecule has 9 heteroatoms. The molecule has 0 aliphatic rings. The maximum absolute atomic E-state index is 11.9. The first kappa shape index (κ1) is 12.4. The summed E-state index contributed by atoms with van der Waals surface area (Å²) >= 11 is 0. The van der Waals surface area contributed by atoms with Crippen LogP contribution in [0.1, 0.15) is 0 Å². The van der Waals surface area contributed by atoms with Gasteiger partial charge in [-0.3, -0.25) is 0 Å². The fraction of sp³-hybridized carbons (Fsp3) is 1.00. The number of nitrogens with zero attached hydrogens (tertiary/aromatic N) is 1. The van der Waals surface area contributed by atoms with Gasteiger partial charge in [-0.2, -0.15) is 26.3 Å². The molecule has 13 heavy (non-hydrogen) atoms. The van der Waals surface area contributed by atoms with Gasteiger partial charge in [0.15, 0.2) is 0 Å². The largest absolute Gasteiger partial charge is 0.373 e. The average molecular weight is 217 g/mol. The van der Waals surface area contributed by atoms with Crippen LogP contribution in [-0.2, 0) is 0 Å². The van der Waals surface area contributed by atoms with Gasteiger partial charge in [0.2, 0.25) is 0 Å². The Morgan fingerprint density at radius 1 is 0.769 bits per heavy atom. The van der Waals surface area contributed by atoms with Crippen LogP contribution < -0.4 is 0 Å². The van der Waals surface area contributed by atoms with Gasteiger partial charge in [0.25, 0.3) is 0 Å². The van der Waals surface area contributed by atoms with Crippen molar-refractivity contribution in [2.75, 3.05) is 0 Å². The Balaban J connectivity index is 4.73. The third-order valence-corrected chi connectivity index (χ3v) is 1.03. The molecule has 0 aromatic heterocycles. The van der Waals surface area contributed by atoms with Gasteiger partial charge in [-0.25, -0.2) is 8.78 Å². The highest BCUT2D eigenvalue weighted by molar-refractivity contribution is 4.70. The highest BCUT2D eigenvalue weighted by Crippen LogP contribution is 2.32. The van der Waals surface area contributed by atoms with Crippen LogP contribution in [0.4, 0.5) is 35.1 Å². The standard InChI is InChI=1S/C4H3F8N/c5-1(6)4(11,12)13(2(7)8)3(9)10/h1-3H. The minimum absolute atomic E-state index is 2.16. The molecule has 0 bridgehead atoms. The van der Waals surface area contributed by atoms with Crippen LogP contribution in [-0.4, -0.2) is 30.5 Å². The predicted octanol–water partition coefficient (Wildman–Crippen LogP) is 2.59. The Hall–Kier alpha value is -0.600. The SMILES string of the molecule is FC(F)N(C(F)F)C(F)(F)C(F)F. The summed E-state index contributed by atoms with van der Waals surface area (Å²) in [5.41, 5.74) is 0. The lowest BCUT2D eigenvalue weighted by Crippen LogP contribution is -2.52. The van der Waals surface area contributed by atoms with Gasteiger partial charge in [-0.15, -0.1) is 4.90 Å². The first-order valence-corrected chi connectivity index (χ1v) is 2.72. The van der Waals surface area contributed by atoms with Crippen molar-refractivity contribution in [3.8, 4) is 0 Å². The molecule has 0 saturated heterocycles. The van der Waals surface area contributed by atoms with Gasteiger partial charge in [-0.05, 0) is 0 Å². The average Bonchev–Trinajstić information content (AvgIpc) is 1.82. The van der Waals surface area contributed by atoms with E-state index < -0.39 is 30.5 Å². The second-order valence-corrected chi connectivity index (χ2v) is 1.85. The smallest absolute Gasteiger partial charge is 0.202 e. The Bertz CT molecular complexity index is 148. The van der Waals surface area contributed by atoms with E-state index in [1.165, 1.54) is 0 Å². The van der Waals surface area contributed by atoms with Gasteiger partial charge in [-0.1, -0.05) is 0 Å². The molecular formula is C4H3F8N. The molecule has 0 aliphatic heterocycles. The normalized spacial score (nSPS) is 13.8. The van der Waals surface area contributed by atoms with Crippen molar-refractivity contribution in [2.24, 2.45) is 0 Å². The van der Waals surface area contributed by atoms with Crippen molar-refractivity contribution < 1.29 is 35.1 Å². The molecule has 0 N–H and O–H groups in total. The molecule has 0 aliphatic carbocycles. The highest BCUT2D eigenvalue weighted by Gasteiger charge is 2.54. The lowest BCUT2D eigenvalue weighted by molar-refractivity contribution is -0.320. The fourth-order valence-corrected chi connectivity index (χ4v) is 0.458. The molecule has 80 valence electrons. The van der Waals surface area contributed by atoms with E-state index in [1.807, 2.05) is 0 Å². The number of alkyl halides is 8. The molecule has 0 radical (unpaired) electrons. The zero-order valence-corrected chi connectivity index (χ0v) is 5.70. The van der Waals surface area contributed by atoms with Crippen molar-refractivity contribution >= 4 is 0 Å². The summed E-state index contributed by atoms with van der Waals surface area (Å²) in [5.74, 6) is 0. The summed E-state index contributed by atoms with van der Waals surface area (Å²) in [6.07, 6.45) is -4.60. The second-order valence-electron chi connectivity index (χ2n) is 1.85. The molecule has 0 rings (SSSR count). The van der Waals surface area contributed by atoms with Crippen LogP contribution in [0.15, 0.2) is 0 Å². The maximum atomic E-state index is 11.9. The predicted molar refractivity (Wildman–Crippen MR) is 24.8 cm³/mol. The maximum Gasteiger partial charge on any atom is 0.373 e. The molecule has 1 nitrogen and oxygen atoms in total. The van der Waals surface area contributed by atoms with E-state index in [4.69, 9.17) is 0 Å². The molecule has 0 unspecified atom stereocenters. The molecular weight excluding hydrogens is 214 g/mol. The Kier molecular flexibility index (Phi) is 3.88. The van der Waals surface area contributed by atoms with Crippen molar-refractivity contribution in [1.82, 2.24) is 4.90 Å². The lowest BCUT2D eigenvalue weighted by Gasteiger charge is -2.28. The number of hydrogen-bond acceptors (Lipinski definition) is 1. The highest BCUT2D eigenvalue weighted by atomic mass is 19.3. The summed E-state index contributed by atoms with van der Waals surface area (Å²) in [7, 11) is 0. The van der Waals surface area contributed by atoms with E-state index >= 15 is 0 Å². The van der Waals surface area contributed by atoms with E-state index in [2.05, 4.69) is 0 Å². The molecule has 0 atom stereocenters. The zero-order valence-electron chi connectivity index (χ0n) is 5.70. The van der Waals surface area contributed by atoms with Crippen molar-refractivity contribution in [3.63, 3.8) is 0 Å². The topological polar surface area (TPSA) is 3.24 Å². The van der Waals surface area contributed by atoms with Gasteiger partial charge in [0, 0.05) is 0 Å². The van der Waals surface area contributed by atoms with E-state index in [1.54, 1.807) is 0 Å². The molecule has 0 amide bonds. The third-order valence-electron chi connectivity index (χ3n) is 1.03. The summed E-state index contributed by atoms with van der Waals surface area (Å²) < 4.78 is 92.3. The Labute approximate surface area is 66.9 Å². The summed E-state index contributed by atoms with van der Waals surface area (Å²) in [6, 6.07) is -5.54. The molecule has 0 saturated carbocycles. The van der Waals surface area contributed by atoms with E-state index in [0.29, 0.717) is 0 Å². The zero-order chi connectivity index (χ0) is 10.8. The number of rotatable bonds is 4. The fourth-order valence-electron chi connectivity index (χ4n) is 0.458. The molecule has 0 aromatic carbocycles. The van der Waals surface area contributed by atoms with Crippen LogP contribution in [0.2, 0.25) is 0 Å². The lowest BCUT2D eigenvalue weighted by atomic mass is 10.5. The van der Waals surface area contributed by atoms with Crippen molar-refractivity contribution in [2.45, 2.75) is 25.6 Å². The van der Waals surface area contributed by atoms with Crippen LogP contribution in [0.25, 0.3) is 0 Å². The second kappa shape index (κ2) is 4.07. The quantitative estimate of drug-likeness (QED) is 0.516. The van der Waals surface area contributed by atoms with Gasteiger partial charge in [0.05, 0.1) is 0 Å². The minimum Gasteiger partial charge on any atom is -0.202 e. The van der Waals surface area contributed by atoms with Gasteiger partial charge < -0.3 is 0 Å². The minimum atomic E-state index is -5.54. The van der Waals surface area contributed by atoms with E-state index in [-0.39, 0.29) is 0 Å². The molecule has 0 fully saturated rings. The van der Waals surface area contributed by atoms with E-state index in [0.717, 1.165) is 0 Å². The van der Waals surface area contributed by atoms with Crippen LogP contribution in [0.3, 0.4) is 0 Å². The monoisotopic (exact) mass is 217 g/mol.